The first-order chi connectivity index (χ1) is 13.6. The number of allylic oxidation sites excluding steroid dienone is 1. The molecule has 0 saturated carbocycles. The van der Waals surface area contributed by atoms with E-state index in [1.54, 1.807) is 6.08 Å². The van der Waals surface area contributed by atoms with Gasteiger partial charge in [-0.25, -0.2) is 0 Å². The Bertz CT molecular complexity index is 470. The fourth-order valence-electron chi connectivity index (χ4n) is 3.51. The van der Waals surface area contributed by atoms with Crippen LogP contribution in [0.2, 0.25) is 31.4 Å². The van der Waals surface area contributed by atoms with Crippen molar-refractivity contribution in [2.75, 3.05) is 0 Å². The average Bonchev–Trinajstić information content (AvgIpc) is 2.65. The molecule has 1 atom stereocenters. The first-order valence-corrected chi connectivity index (χ1v) is 22.7. The molecule has 0 aromatic heterocycles. The Balaban J connectivity index is 5.71. The van der Waals surface area contributed by atoms with Gasteiger partial charge in [-0.3, -0.25) is 0 Å². The summed E-state index contributed by atoms with van der Waals surface area (Å²) in [4.78, 5) is 10.8. The third-order valence-electron chi connectivity index (χ3n) is 6.58. The van der Waals surface area contributed by atoms with E-state index in [2.05, 4.69) is 64.8 Å². The zero-order valence-electron chi connectivity index (χ0n) is 20.9. The Hall–Kier alpha value is 0.126. The molecule has 0 N–H and O–H groups in total. The van der Waals surface area contributed by atoms with Crippen LogP contribution < -0.4 is 0 Å². The van der Waals surface area contributed by atoms with Gasteiger partial charge in [0, 0.05) is 0 Å². The quantitative estimate of drug-likeness (QED) is 0.114. The third kappa shape index (κ3) is 11.9. The predicted octanol–water partition coefficient (Wildman–Crippen LogP) is 8.47. The van der Waals surface area contributed by atoms with Gasteiger partial charge in [0.15, 0.2) is 0 Å². The van der Waals surface area contributed by atoms with Crippen molar-refractivity contribution in [2.45, 2.75) is 124 Å². The van der Waals surface area contributed by atoms with Crippen LogP contribution in [0, 0.1) is 0 Å². The molecule has 0 radical (unpaired) electrons. The van der Waals surface area contributed by atoms with Crippen LogP contribution in [0.4, 0.5) is 0 Å². The van der Waals surface area contributed by atoms with E-state index in [4.69, 9.17) is 4.43 Å². The Kier molecular flexibility index (Phi) is 15.1. The van der Waals surface area contributed by atoms with Gasteiger partial charge in [-0.1, -0.05) is 0 Å². The Morgan fingerprint density at radius 3 is 1.79 bits per heavy atom. The second-order valence-corrected chi connectivity index (χ2v) is 28.0. The van der Waals surface area contributed by atoms with Gasteiger partial charge in [-0.05, 0) is 0 Å². The summed E-state index contributed by atoms with van der Waals surface area (Å²) in [5.74, 6) is 0. The number of hydrogen-bond donors (Lipinski definition) is 0. The summed E-state index contributed by atoms with van der Waals surface area (Å²) in [7, 11) is -1.85. The van der Waals surface area contributed by atoms with E-state index in [0.717, 1.165) is 12.7 Å². The van der Waals surface area contributed by atoms with Crippen molar-refractivity contribution in [2.24, 2.45) is 0 Å². The van der Waals surface area contributed by atoms with Crippen molar-refractivity contribution < 1.29 is 9.22 Å². The summed E-state index contributed by atoms with van der Waals surface area (Å²) in [6, 6.07) is 0. The van der Waals surface area contributed by atoms with Gasteiger partial charge >= 0.3 is 189 Å². The zero-order valence-corrected chi connectivity index (χ0v) is 24.7. The monoisotopic (exact) mass is 530 g/mol. The zero-order chi connectivity index (χ0) is 22.4. The van der Waals surface area contributed by atoms with E-state index in [9.17, 15) is 4.79 Å². The first-order valence-electron chi connectivity index (χ1n) is 12.0. The van der Waals surface area contributed by atoms with Crippen molar-refractivity contribution in [1.29, 1.82) is 0 Å². The maximum absolute atomic E-state index is 10.8. The molecule has 4 heteroatoms. The van der Waals surface area contributed by atoms with Crippen LogP contribution in [0.25, 0.3) is 0 Å². The Labute approximate surface area is 188 Å². The molecule has 29 heavy (non-hydrogen) atoms. The van der Waals surface area contributed by atoms with Crippen molar-refractivity contribution in [3.8, 4) is 0 Å². The molecule has 0 aromatic rings. The third-order valence-corrected chi connectivity index (χ3v) is 25.2. The molecule has 0 aliphatic heterocycles. The van der Waals surface area contributed by atoms with E-state index >= 15 is 0 Å². The number of carbonyl (C=O) groups is 1. The van der Waals surface area contributed by atoms with E-state index in [1.807, 2.05) is 6.08 Å². The van der Waals surface area contributed by atoms with Crippen LogP contribution in [0.15, 0.2) is 22.3 Å². The molecule has 2 nitrogen and oxygen atoms in total. The minimum atomic E-state index is -2.31. The first kappa shape index (κ1) is 29.1. The van der Waals surface area contributed by atoms with Crippen LogP contribution in [0.5, 0.6) is 0 Å². The van der Waals surface area contributed by atoms with Crippen LogP contribution in [-0.4, -0.2) is 39.1 Å². The van der Waals surface area contributed by atoms with Gasteiger partial charge in [0.2, 0.25) is 0 Å². The van der Waals surface area contributed by atoms with Crippen LogP contribution in [0.3, 0.4) is 0 Å². The molecule has 0 bridgehead atoms. The number of hydrogen-bond acceptors (Lipinski definition) is 2. The molecule has 170 valence electrons. The molecule has 0 spiro atoms. The second kappa shape index (κ2) is 15.0. The number of unbranched alkanes of at least 4 members (excludes halogenated alkanes) is 3. The number of rotatable bonds is 16. The van der Waals surface area contributed by atoms with Gasteiger partial charge < -0.3 is 0 Å². The SMILES string of the molecule is CCC[CH2][Sn](/[CH]=C/[C@H](C/C=C/C=O)O[Si](C)(C)C(C)(C)C)([CH2]CCC)[CH2]CCC. The molecular weight excluding hydrogens is 479 g/mol. The predicted molar refractivity (Wildman–Crippen MR) is 136 cm³/mol. The molecule has 0 unspecified atom stereocenters. The van der Waals surface area contributed by atoms with Gasteiger partial charge in [-0.2, -0.15) is 0 Å². The molecule has 0 aliphatic carbocycles. The Morgan fingerprint density at radius 2 is 1.41 bits per heavy atom. The average molecular weight is 529 g/mol. The van der Waals surface area contributed by atoms with Crippen molar-refractivity contribution in [3.05, 3.63) is 22.3 Å². The van der Waals surface area contributed by atoms with E-state index in [0.29, 0.717) is 0 Å². The molecule has 0 fully saturated rings. The van der Waals surface area contributed by atoms with Crippen LogP contribution in [0.1, 0.15) is 86.5 Å². The normalized spacial score (nSPS) is 14.8. The summed E-state index contributed by atoms with van der Waals surface area (Å²) in [6.07, 6.45) is 15.9. The van der Waals surface area contributed by atoms with Crippen LogP contribution in [-0.2, 0) is 9.22 Å². The number of carbonyl (C=O) groups excluding carboxylic acids is 1. The minimum absolute atomic E-state index is 0.105. The summed E-state index contributed by atoms with van der Waals surface area (Å²) in [5.41, 5.74) is 0. The second-order valence-electron chi connectivity index (χ2n) is 10.2. The Morgan fingerprint density at radius 1 is 0.931 bits per heavy atom. The maximum atomic E-state index is 10.8. The number of aldehydes is 1. The molecule has 0 rings (SSSR count). The summed E-state index contributed by atoms with van der Waals surface area (Å²) in [5, 5.41) is 0.195. The topological polar surface area (TPSA) is 26.3 Å². The van der Waals surface area contributed by atoms with Crippen molar-refractivity contribution in [3.63, 3.8) is 0 Å². The summed E-state index contributed by atoms with van der Waals surface area (Å²) >= 11 is -2.31. The molecule has 0 heterocycles. The summed E-state index contributed by atoms with van der Waals surface area (Å²) in [6.45, 7) is 18.5. The van der Waals surface area contributed by atoms with E-state index in [-0.39, 0.29) is 11.1 Å². The van der Waals surface area contributed by atoms with Crippen molar-refractivity contribution in [1.82, 2.24) is 0 Å². The molecule has 0 aromatic carbocycles. The molecule has 0 saturated heterocycles. The van der Waals surface area contributed by atoms with Gasteiger partial charge in [0.1, 0.15) is 0 Å². The van der Waals surface area contributed by atoms with Gasteiger partial charge in [-0.15, -0.1) is 0 Å². The van der Waals surface area contributed by atoms with E-state index < -0.39 is 26.7 Å². The fourth-order valence-corrected chi connectivity index (χ4v) is 19.2. The molecule has 0 amide bonds. The standard InChI is InChI=1S/C13H23O2Si.3C4H9.Sn/c1-7-12(10-8-9-11-14)15-16(5,6)13(2,3)4;3*1-3-4-2;/h1,7-9,11-12H,10H2,2-6H3;3*1,3-4H2,2H3;/b7-1?,9-8+;;;;/t12-;;;;/m1..../s1. The molecule has 0 aliphatic rings. The fraction of sp³-hybridized carbons (Fsp3) is 0.800. The van der Waals surface area contributed by atoms with Gasteiger partial charge in [0.25, 0.3) is 0 Å². The van der Waals surface area contributed by atoms with E-state index in [1.165, 1.54) is 51.8 Å². The van der Waals surface area contributed by atoms with Crippen LogP contribution >= 0.6 is 0 Å². The van der Waals surface area contributed by atoms with Crippen molar-refractivity contribution >= 4 is 33.0 Å². The van der Waals surface area contributed by atoms with Gasteiger partial charge in [0.05, 0.1) is 0 Å². The molecular formula is C25H50O2SiSn. The summed E-state index contributed by atoms with van der Waals surface area (Å²) < 4.78 is 14.0.